The number of rotatable bonds is 4. The Morgan fingerprint density at radius 1 is 0.844 bits per heavy atom. The van der Waals surface area contributed by atoms with Crippen LogP contribution in [-0.2, 0) is 15.8 Å². The quantitative estimate of drug-likeness (QED) is 0.467. The lowest BCUT2D eigenvalue weighted by molar-refractivity contribution is -0.137. The first kappa shape index (κ1) is 21.6. The number of alkyl halides is 3. The van der Waals surface area contributed by atoms with Crippen molar-refractivity contribution in [1.82, 2.24) is 0 Å². The number of benzene rings is 3. The van der Waals surface area contributed by atoms with Crippen LogP contribution in [-0.4, -0.2) is 18.9 Å². The predicted molar refractivity (Wildman–Crippen MR) is 117 cm³/mol. The monoisotopic (exact) mass is 456 g/mol. The fraction of sp³-hybridized carbons (Fsp3) is 0.0833. The van der Waals surface area contributed by atoms with Gasteiger partial charge in [-0.15, -0.1) is 0 Å². The molecule has 4 rings (SSSR count). The SMILES string of the molecule is CN(C1=C(c2ccccc2)C(=O)N(c2ccc(Cl)c(C(F)(F)F)c2)C1=O)c1ccccc1. The van der Waals surface area contributed by atoms with E-state index in [1.807, 2.05) is 6.07 Å². The van der Waals surface area contributed by atoms with Gasteiger partial charge in [-0.2, -0.15) is 13.2 Å². The summed E-state index contributed by atoms with van der Waals surface area (Å²) in [5, 5.41) is -0.516. The molecule has 0 bridgehead atoms. The lowest BCUT2D eigenvalue weighted by Gasteiger charge is -2.22. The van der Waals surface area contributed by atoms with Gasteiger partial charge < -0.3 is 4.90 Å². The Hall–Kier alpha value is -3.58. The summed E-state index contributed by atoms with van der Waals surface area (Å²) in [4.78, 5) is 29.2. The molecule has 0 saturated heterocycles. The van der Waals surface area contributed by atoms with Gasteiger partial charge in [-0.3, -0.25) is 9.59 Å². The highest BCUT2D eigenvalue weighted by Gasteiger charge is 2.43. The third kappa shape index (κ3) is 3.76. The Labute approximate surface area is 187 Å². The molecule has 3 aromatic rings. The van der Waals surface area contributed by atoms with Gasteiger partial charge in [0.2, 0.25) is 0 Å². The Morgan fingerprint density at radius 3 is 2.03 bits per heavy atom. The van der Waals surface area contributed by atoms with Crippen molar-refractivity contribution < 1.29 is 22.8 Å². The lowest BCUT2D eigenvalue weighted by Crippen LogP contribution is -2.34. The number of hydrogen-bond acceptors (Lipinski definition) is 3. The third-order valence-corrected chi connectivity index (χ3v) is 5.44. The molecule has 4 nitrogen and oxygen atoms in total. The van der Waals surface area contributed by atoms with Gasteiger partial charge in [0.25, 0.3) is 11.8 Å². The van der Waals surface area contributed by atoms with Crippen molar-refractivity contribution in [2.24, 2.45) is 0 Å². The molecule has 0 atom stereocenters. The van der Waals surface area contributed by atoms with Gasteiger partial charge in [0.15, 0.2) is 0 Å². The van der Waals surface area contributed by atoms with Crippen LogP contribution in [0.1, 0.15) is 11.1 Å². The summed E-state index contributed by atoms with van der Waals surface area (Å²) in [5.41, 5.74) is -0.0338. The summed E-state index contributed by atoms with van der Waals surface area (Å²) in [5.74, 6) is -1.44. The number of hydrogen-bond donors (Lipinski definition) is 0. The van der Waals surface area contributed by atoms with Gasteiger partial charge in [0, 0.05) is 12.7 Å². The van der Waals surface area contributed by atoms with E-state index in [2.05, 4.69) is 0 Å². The van der Waals surface area contributed by atoms with Crippen LogP contribution in [0.15, 0.2) is 84.6 Å². The number of para-hydroxylation sites is 1. The van der Waals surface area contributed by atoms with Crippen LogP contribution in [0.2, 0.25) is 5.02 Å². The van der Waals surface area contributed by atoms with E-state index in [1.165, 1.54) is 6.07 Å². The van der Waals surface area contributed by atoms with E-state index in [0.29, 0.717) is 17.3 Å². The number of amides is 2. The van der Waals surface area contributed by atoms with Crippen molar-refractivity contribution in [1.29, 1.82) is 0 Å². The molecule has 1 aliphatic heterocycles. The fourth-order valence-electron chi connectivity index (χ4n) is 3.58. The number of likely N-dealkylation sites (N-methyl/N-ethyl adjacent to an activating group) is 1. The number of nitrogens with zero attached hydrogens (tertiary/aromatic N) is 2. The molecule has 1 aliphatic rings. The Balaban J connectivity index is 1.87. The van der Waals surface area contributed by atoms with E-state index in [9.17, 15) is 22.8 Å². The van der Waals surface area contributed by atoms with E-state index in [-0.39, 0.29) is 17.0 Å². The normalized spacial score (nSPS) is 14.3. The van der Waals surface area contributed by atoms with Crippen molar-refractivity contribution in [2.75, 3.05) is 16.8 Å². The van der Waals surface area contributed by atoms with Crippen molar-refractivity contribution in [3.8, 4) is 0 Å². The minimum atomic E-state index is -4.74. The van der Waals surface area contributed by atoms with E-state index >= 15 is 0 Å². The summed E-state index contributed by atoms with van der Waals surface area (Å²) >= 11 is 5.72. The molecule has 0 aliphatic carbocycles. The van der Waals surface area contributed by atoms with Crippen molar-refractivity contribution >= 4 is 40.4 Å². The van der Waals surface area contributed by atoms with Crippen LogP contribution >= 0.6 is 11.6 Å². The van der Waals surface area contributed by atoms with Crippen LogP contribution in [0.4, 0.5) is 24.5 Å². The third-order valence-electron chi connectivity index (χ3n) is 5.11. The average molecular weight is 457 g/mol. The van der Waals surface area contributed by atoms with Crippen LogP contribution in [0.25, 0.3) is 5.57 Å². The number of halogens is 4. The highest BCUT2D eigenvalue weighted by Crippen LogP contribution is 2.40. The maximum atomic E-state index is 13.5. The smallest absolute Gasteiger partial charge is 0.339 e. The summed E-state index contributed by atoms with van der Waals surface area (Å²) in [6, 6.07) is 20.4. The molecule has 0 radical (unpaired) electrons. The molecule has 1 heterocycles. The van der Waals surface area contributed by atoms with Crippen LogP contribution in [0.3, 0.4) is 0 Å². The second kappa shape index (κ2) is 8.16. The van der Waals surface area contributed by atoms with E-state index in [0.717, 1.165) is 11.0 Å². The van der Waals surface area contributed by atoms with Crippen LogP contribution < -0.4 is 9.80 Å². The first-order valence-corrected chi connectivity index (χ1v) is 9.92. The number of carbonyl (C=O) groups excluding carboxylic acids is 2. The first-order chi connectivity index (χ1) is 15.2. The summed E-state index contributed by atoms with van der Waals surface area (Å²) < 4.78 is 40.2. The average Bonchev–Trinajstić information content (AvgIpc) is 3.04. The molecule has 0 unspecified atom stereocenters. The van der Waals surface area contributed by atoms with Crippen LogP contribution in [0, 0.1) is 0 Å². The molecule has 0 fully saturated rings. The minimum Gasteiger partial charge on any atom is -0.339 e. The first-order valence-electron chi connectivity index (χ1n) is 9.54. The zero-order valence-electron chi connectivity index (χ0n) is 16.7. The zero-order chi connectivity index (χ0) is 23.0. The second-order valence-electron chi connectivity index (χ2n) is 7.09. The Kier molecular flexibility index (Phi) is 5.52. The molecule has 0 saturated carbocycles. The minimum absolute atomic E-state index is 0.0657. The molecule has 2 amide bonds. The maximum Gasteiger partial charge on any atom is 0.417 e. The molecule has 0 aromatic heterocycles. The largest absolute Gasteiger partial charge is 0.417 e. The van der Waals surface area contributed by atoms with Crippen molar-refractivity contribution in [3.63, 3.8) is 0 Å². The number of carbonyl (C=O) groups is 2. The molecular formula is C24H16ClF3N2O2. The fourth-order valence-corrected chi connectivity index (χ4v) is 3.80. The lowest BCUT2D eigenvalue weighted by atomic mass is 10.0. The van der Waals surface area contributed by atoms with Gasteiger partial charge in [0.05, 0.1) is 21.8 Å². The number of anilines is 2. The summed E-state index contributed by atoms with van der Waals surface area (Å²) in [6.45, 7) is 0. The highest BCUT2D eigenvalue weighted by atomic mass is 35.5. The molecule has 0 N–H and O–H groups in total. The topological polar surface area (TPSA) is 40.6 Å². The standard InChI is InChI=1S/C24H16ClF3N2O2/c1-29(16-10-6-3-7-11-16)21-20(15-8-4-2-5-9-15)22(31)30(23(21)32)17-12-13-19(25)18(14-17)24(26,27)28/h2-14H,1H3. The van der Waals surface area contributed by atoms with Crippen LogP contribution in [0.5, 0.6) is 0 Å². The molecule has 3 aromatic carbocycles. The van der Waals surface area contributed by atoms with Gasteiger partial charge in [-0.05, 0) is 35.9 Å². The number of imide groups is 1. The van der Waals surface area contributed by atoms with Crippen molar-refractivity contribution in [2.45, 2.75) is 6.18 Å². The maximum absolute atomic E-state index is 13.5. The summed E-state index contributed by atoms with van der Waals surface area (Å²) in [6.07, 6.45) is -4.74. The molecule has 0 spiro atoms. The molecule has 162 valence electrons. The van der Waals surface area contributed by atoms with Crippen molar-refractivity contribution in [3.05, 3.63) is 101 Å². The highest BCUT2D eigenvalue weighted by molar-refractivity contribution is 6.46. The van der Waals surface area contributed by atoms with E-state index < -0.39 is 28.6 Å². The predicted octanol–water partition coefficient (Wildman–Crippen LogP) is 5.78. The van der Waals surface area contributed by atoms with E-state index in [4.69, 9.17) is 11.6 Å². The van der Waals surface area contributed by atoms with Gasteiger partial charge >= 0.3 is 6.18 Å². The Morgan fingerprint density at radius 2 is 1.44 bits per heavy atom. The Bertz CT molecular complexity index is 1220. The van der Waals surface area contributed by atoms with Gasteiger partial charge in [0.1, 0.15) is 5.70 Å². The second-order valence-corrected chi connectivity index (χ2v) is 7.50. The van der Waals surface area contributed by atoms with E-state index in [1.54, 1.807) is 66.5 Å². The van der Waals surface area contributed by atoms with Gasteiger partial charge in [-0.1, -0.05) is 60.1 Å². The molecule has 8 heteroatoms. The van der Waals surface area contributed by atoms with Gasteiger partial charge in [-0.25, -0.2) is 4.90 Å². The summed E-state index contributed by atoms with van der Waals surface area (Å²) in [7, 11) is 1.63. The zero-order valence-corrected chi connectivity index (χ0v) is 17.5. The molecular weight excluding hydrogens is 441 g/mol. The molecule has 32 heavy (non-hydrogen) atoms.